The highest BCUT2D eigenvalue weighted by molar-refractivity contribution is 7.99. The second kappa shape index (κ2) is 7.37. The molecule has 1 fully saturated rings. The van der Waals surface area contributed by atoms with Crippen molar-refractivity contribution in [2.24, 2.45) is 0 Å². The standard InChI is InChI=1S/C8H16N2O3S2.ClH/c1-2-15(12,13)4-3-9-8(11)7-5-14-6-10-7;/h7,10H,2-6H2,1H3,(H,9,11);1H. The van der Waals surface area contributed by atoms with Crippen LogP contribution < -0.4 is 10.6 Å². The van der Waals surface area contributed by atoms with Gasteiger partial charge in [0, 0.05) is 23.9 Å². The van der Waals surface area contributed by atoms with Crippen LogP contribution in [0, 0.1) is 0 Å². The molecule has 0 aromatic heterocycles. The quantitative estimate of drug-likeness (QED) is 0.721. The number of carbonyl (C=O) groups is 1. The summed E-state index contributed by atoms with van der Waals surface area (Å²) in [5.41, 5.74) is 0. The Kier molecular flexibility index (Phi) is 7.38. The third kappa shape index (κ3) is 5.38. The first-order valence-electron chi connectivity index (χ1n) is 4.84. The Balaban J connectivity index is 0.00000225. The average molecular weight is 289 g/mol. The number of nitrogens with one attached hydrogen (secondary N) is 2. The van der Waals surface area contributed by atoms with Gasteiger partial charge in [0.15, 0.2) is 9.84 Å². The van der Waals surface area contributed by atoms with E-state index in [1.54, 1.807) is 18.7 Å². The van der Waals surface area contributed by atoms with Crippen LogP contribution in [0.1, 0.15) is 6.92 Å². The molecule has 96 valence electrons. The van der Waals surface area contributed by atoms with Crippen molar-refractivity contribution in [3.63, 3.8) is 0 Å². The van der Waals surface area contributed by atoms with Crippen molar-refractivity contribution in [1.82, 2.24) is 10.6 Å². The molecule has 2 N–H and O–H groups in total. The molecular formula is C8H17ClN2O3S2. The van der Waals surface area contributed by atoms with Crippen molar-refractivity contribution >= 4 is 39.9 Å². The molecule has 1 unspecified atom stereocenters. The molecule has 16 heavy (non-hydrogen) atoms. The van der Waals surface area contributed by atoms with E-state index in [0.29, 0.717) is 0 Å². The molecule has 0 bridgehead atoms. The molecule has 1 atom stereocenters. The summed E-state index contributed by atoms with van der Waals surface area (Å²) < 4.78 is 22.3. The summed E-state index contributed by atoms with van der Waals surface area (Å²) in [6.07, 6.45) is 0. The van der Waals surface area contributed by atoms with E-state index in [4.69, 9.17) is 0 Å². The number of thioether (sulfide) groups is 1. The van der Waals surface area contributed by atoms with E-state index >= 15 is 0 Å². The minimum Gasteiger partial charge on any atom is -0.354 e. The van der Waals surface area contributed by atoms with Gasteiger partial charge in [-0.05, 0) is 0 Å². The summed E-state index contributed by atoms with van der Waals surface area (Å²) in [5.74, 6) is 1.58. The summed E-state index contributed by atoms with van der Waals surface area (Å²) in [7, 11) is -2.98. The molecule has 1 amide bonds. The van der Waals surface area contributed by atoms with Crippen LogP contribution in [0.2, 0.25) is 0 Å². The third-order valence-corrected chi connectivity index (χ3v) is 4.83. The van der Waals surface area contributed by atoms with Crippen LogP contribution >= 0.6 is 24.2 Å². The molecule has 1 saturated heterocycles. The van der Waals surface area contributed by atoms with Gasteiger partial charge in [0.05, 0.1) is 11.8 Å². The molecule has 1 heterocycles. The number of halogens is 1. The van der Waals surface area contributed by atoms with Crippen molar-refractivity contribution in [2.75, 3.05) is 29.7 Å². The van der Waals surface area contributed by atoms with Gasteiger partial charge in [-0.25, -0.2) is 8.42 Å². The lowest BCUT2D eigenvalue weighted by atomic mass is 10.3. The van der Waals surface area contributed by atoms with Gasteiger partial charge in [0.2, 0.25) is 5.91 Å². The summed E-state index contributed by atoms with van der Waals surface area (Å²) in [5, 5.41) is 5.64. The zero-order valence-electron chi connectivity index (χ0n) is 9.06. The van der Waals surface area contributed by atoms with E-state index in [1.807, 2.05) is 0 Å². The first-order chi connectivity index (χ1) is 7.05. The summed E-state index contributed by atoms with van der Waals surface area (Å²) in [6, 6.07) is -0.167. The van der Waals surface area contributed by atoms with Crippen LogP contribution in [0.15, 0.2) is 0 Å². The largest absolute Gasteiger partial charge is 0.354 e. The molecule has 0 saturated carbocycles. The highest BCUT2D eigenvalue weighted by atomic mass is 35.5. The lowest BCUT2D eigenvalue weighted by Crippen LogP contribution is -2.43. The Morgan fingerprint density at radius 1 is 1.56 bits per heavy atom. The summed E-state index contributed by atoms with van der Waals surface area (Å²) in [4.78, 5) is 11.4. The highest BCUT2D eigenvalue weighted by Crippen LogP contribution is 2.08. The fraction of sp³-hybridized carbons (Fsp3) is 0.875. The molecule has 0 aliphatic carbocycles. The van der Waals surface area contributed by atoms with Gasteiger partial charge in [-0.15, -0.1) is 24.2 Å². The minimum atomic E-state index is -2.98. The van der Waals surface area contributed by atoms with Gasteiger partial charge in [-0.1, -0.05) is 6.92 Å². The van der Waals surface area contributed by atoms with Crippen molar-refractivity contribution in [3.8, 4) is 0 Å². The van der Waals surface area contributed by atoms with E-state index in [9.17, 15) is 13.2 Å². The molecule has 0 aromatic rings. The van der Waals surface area contributed by atoms with Gasteiger partial charge >= 0.3 is 0 Å². The zero-order chi connectivity index (χ0) is 11.3. The van der Waals surface area contributed by atoms with Crippen LogP contribution in [-0.4, -0.2) is 50.0 Å². The first-order valence-corrected chi connectivity index (χ1v) is 7.82. The number of hydrogen-bond acceptors (Lipinski definition) is 5. The Bertz CT molecular complexity index is 315. The molecule has 1 aliphatic rings. The highest BCUT2D eigenvalue weighted by Gasteiger charge is 2.22. The van der Waals surface area contributed by atoms with Gasteiger partial charge in [-0.2, -0.15) is 0 Å². The fourth-order valence-electron chi connectivity index (χ4n) is 1.16. The maximum absolute atomic E-state index is 11.4. The lowest BCUT2D eigenvalue weighted by Gasteiger charge is -2.09. The third-order valence-electron chi connectivity index (χ3n) is 2.18. The lowest BCUT2D eigenvalue weighted by molar-refractivity contribution is -0.122. The number of amides is 1. The Hall–Kier alpha value is 0.0200. The molecule has 1 aliphatic heterocycles. The van der Waals surface area contributed by atoms with E-state index in [0.717, 1.165) is 11.6 Å². The zero-order valence-corrected chi connectivity index (χ0v) is 11.5. The maximum atomic E-state index is 11.4. The Morgan fingerprint density at radius 3 is 2.75 bits per heavy atom. The Labute approximate surface area is 106 Å². The minimum absolute atomic E-state index is 0. The molecule has 1 rings (SSSR count). The predicted molar refractivity (Wildman–Crippen MR) is 68.8 cm³/mol. The predicted octanol–water partition coefficient (Wildman–Crippen LogP) is -0.378. The number of rotatable bonds is 5. The summed E-state index contributed by atoms with van der Waals surface area (Å²) in [6.45, 7) is 1.81. The van der Waals surface area contributed by atoms with Gasteiger partial charge in [0.1, 0.15) is 0 Å². The van der Waals surface area contributed by atoms with E-state index < -0.39 is 9.84 Å². The SMILES string of the molecule is CCS(=O)(=O)CCNC(=O)C1CSCN1.Cl. The number of carbonyl (C=O) groups excluding carboxylic acids is 1. The maximum Gasteiger partial charge on any atom is 0.238 e. The van der Waals surface area contributed by atoms with Crippen molar-refractivity contribution < 1.29 is 13.2 Å². The van der Waals surface area contributed by atoms with Crippen LogP contribution in [-0.2, 0) is 14.6 Å². The van der Waals surface area contributed by atoms with E-state index in [1.165, 1.54) is 0 Å². The number of sulfone groups is 1. The van der Waals surface area contributed by atoms with E-state index in [-0.39, 0.29) is 42.4 Å². The van der Waals surface area contributed by atoms with Crippen molar-refractivity contribution in [2.45, 2.75) is 13.0 Å². The van der Waals surface area contributed by atoms with Crippen LogP contribution in [0.3, 0.4) is 0 Å². The topological polar surface area (TPSA) is 75.3 Å². The van der Waals surface area contributed by atoms with Gasteiger partial charge < -0.3 is 5.32 Å². The van der Waals surface area contributed by atoms with Gasteiger partial charge in [0.25, 0.3) is 0 Å². The first kappa shape index (κ1) is 16.0. The van der Waals surface area contributed by atoms with Gasteiger partial charge in [-0.3, -0.25) is 10.1 Å². The van der Waals surface area contributed by atoms with Crippen molar-refractivity contribution in [3.05, 3.63) is 0 Å². The smallest absolute Gasteiger partial charge is 0.238 e. The van der Waals surface area contributed by atoms with Crippen molar-refractivity contribution in [1.29, 1.82) is 0 Å². The average Bonchev–Trinajstić information content (AvgIpc) is 2.70. The van der Waals surface area contributed by atoms with E-state index in [2.05, 4.69) is 10.6 Å². The van der Waals surface area contributed by atoms with Crippen LogP contribution in [0.25, 0.3) is 0 Å². The molecular weight excluding hydrogens is 272 g/mol. The normalized spacial score (nSPS) is 20.2. The monoisotopic (exact) mass is 288 g/mol. The molecule has 0 aromatic carbocycles. The second-order valence-corrected chi connectivity index (χ2v) is 6.80. The molecule has 0 radical (unpaired) electrons. The van der Waals surface area contributed by atoms with Crippen LogP contribution in [0.4, 0.5) is 0 Å². The number of hydrogen-bond donors (Lipinski definition) is 2. The summed E-state index contributed by atoms with van der Waals surface area (Å²) >= 11 is 1.66. The second-order valence-electron chi connectivity index (χ2n) is 3.30. The Morgan fingerprint density at radius 2 is 2.25 bits per heavy atom. The van der Waals surface area contributed by atoms with Crippen LogP contribution in [0.5, 0.6) is 0 Å². The molecule has 5 nitrogen and oxygen atoms in total. The fourth-order valence-corrected chi connectivity index (χ4v) is 2.80. The molecule has 0 spiro atoms. The molecule has 8 heteroatoms.